The van der Waals surface area contributed by atoms with E-state index in [0.29, 0.717) is 12.8 Å². The monoisotopic (exact) mass is 358 g/mol. The molecule has 23 heavy (non-hydrogen) atoms. The van der Waals surface area contributed by atoms with Gasteiger partial charge in [0.05, 0.1) is 0 Å². The molecule has 1 atom stereocenters. The number of rotatable bonds is 9. The van der Waals surface area contributed by atoms with Gasteiger partial charge >= 0.3 is 9.53 Å². The summed E-state index contributed by atoms with van der Waals surface area (Å²) in [4.78, 5) is 0. The van der Waals surface area contributed by atoms with Crippen molar-refractivity contribution in [3.05, 3.63) is 34.6 Å². The second kappa shape index (κ2) is 9.31. The summed E-state index contributed by atoms with van der Waals surface area (Å²) >= 11 is 0. The molecule has 3 nitrogen and oxygen atoms in total. The van der Waals surface area contributed by atoms with E-state index in [2.05, 4.69) is 0 Å². The van der Waals surface area contributed by atoms with Crippen LogP contribution >= 0.6 is 0 Å². The Hall–Kier alpha value is -1.03. The minimum Gasteiger partial charge on any atom is -0.379 e. The largest absolute Gasteiger partial charge is 0.483 e. The van der Waals surface area contributed by atoms with Crippen molar-refractivity contribution in [1.82, 2.24) is 0 Å². The molecule has 0 aliphatic rings. The Kier molecular flexibility index (Phi) is 8.10. The highest BCUT2D eigenvalue weighted by atomic mass is 28.3. The van der Waals surface area contributed by atoms with E-state index in [1.807, 2.05) is 6.92 Å². The van der Waals surface area contributed by atoms with Gasteiger partial charge in [-0.2, -0.15) is 0 Å². The van der Waals surface area contributed by atoms with Crippen molar-refractivity contribution in [2.24, 2.45) is 0 Å². The zero-order valence-corrected chi connectivity index (χ0v) is 14.3. The SMILES string of the molecule is CCC(CCCc1c(F)c(F)c(F)c(F)c1F)O[SiH](OC)OC. The fourth-order valence-electron chi connectivity index (χ4n) is 2.11. The van der Waals surface area contributed by atoms with Gasteiger partial charge < -0.3 is 13.3 Å². The van der Waals surface area contributed by atoms with Crippen molar-refractivity contribution in [2.75, 3.05) is 14.2 Å². The molecular weight excluding hydrogens is 339 g/mol. The van der Waals surface area contributed by atoms with Gasteiger partial charge in [-0.15, -0.1) is 0 Å². The number of hydrogen-bond donors (Lipinski definition) is 0. The van der Waals surface area contributed by atoms with E-state index in [-0.39, 0.29) is 18.9 Å². The average Bonchev–Trinajstić information content (AvgIpc) is 2.57. The predicted molar refractivity (Wildman–Crippen MR) is 75.5 cm³/mol. The Labute approximate surface area is 133 Å². The Morgan fingerprint density at radius 3 is 1.78 bits per heavy atom. The Bertz CT molecular complexity index is 497. The molecule has 0 saturated heterocycles. The van der Waals surface area contributed by atoms with Gasteiger partial charge in [0.1, 0.15) is 0 Å². The van der Waals surface area contributed by atoms with E-state index < -0.39 is 44.2 Å². The van der Waals surface area contributed by atoms with Gasteiger partial charge in [0.25, 0.3) is 0 Å². The van der Waals surface area contributed by atoms with Gasteiger partial charge in [0.15, 0.2) is 23.3 Å². The molecule has 0 spiro atoms. The molecule has 1 rings (SSSR count). The van der Waals surface area contributed by atoms with Crippen molar-refractivity contribution >= 4 is 9.53 Å². The minimum atomic E-state index is -2.24. The average molecular weight is 358 g/mol. The normalized spacial score (nSPS) is 12.9. The van der Waals surface area contributed by atoms with E-state index in [1.165, 1.54) is 14.2 Å². The molecular formula is C14H19F5O3Si. The summed E-state index contributed by atoms with van der Waals surface area (Å²) in [6.45, 7) is 1.85. The smallest absolute Gasteiger partial charge is 0.379 e. The lowest BCUT2D eigenvalue weighted by Gasteiger charge is -2.20. The highest BCUT2D eigenvalue weighted by Crippen LogP contribution is 2.24. The van der Waals surface area contributed by atoms with E-state index in [1.54, 1.807) is 0 Å². The van der Waals surface area contributed by atoms with Crippen LogP contribution in [-0.4, -0.2) is 29.9 Å². The molecule has 0 amide bonds. The lowest BCUT2D eigenvalue weighted by Crippen LogP contribution is -2.30. The molecule has 1 aromatic carbocycles. The molecule has 0 aromatic heterocycles. The van der Waals surface area contributed by atoms with Crippen LogP contribution in [0, 0.1) is 29.1 Å². The van der Waals surface area contributed by atoms with Crippen LogP contribution in [0.5, 0.6) is 0 Å². The van der Waals surface area contributed by atoms with Gasteiger partial charge in [-0.25, -0.2) is 22.0 Å². The first-order valence-electron chi connectivity index (χ1n) is 7.08. The third-order valence-electron chi connectivity index (χ3n) is 3.40. The Morgan fingerprint density at radius 1 is 0.870 bits per heavy atom. The Balaban J connectivity index is 2.72. The van der Waals surface area contributed by atoms with Crippen molar-refractivity contribution < 1.29 is 35.2 Å². The molecule has 9 heteroatoms. The summed E-state index contributed by atoms with van der Waals surface area (Å²) in [5, 5.41) is 0. The number of benzene rings is 1. The van der Waals surface area contributed by atoms with Gasteiger partial charge in [0, 0.05) is 25.9 Å². The maximum atomic E-state index is 13.5. The molecule has 0 saturated carbocycles. The van der Waals surface area contributed by atoms with Crippen molar-refractivity contribution in [1.29, 1.82) is 0 Å². The first-order chi connectivity index (χ1) is 10.9. The number of hydrogen-bond acceptors (Lipinski definition) is 3. The molecule has 1 aromatic rings. The van der Waals surface area contributed by atoms with Gasteiger partial charge in [-0.1, -0.05) is 6.92 Å². The van der Waals surface area contributed by atoms with E-state index in [9.17, 15) is 22.0 Å². The van der Waals surface area contributed by atoms with Gasteiger partial charge in [0.2, 0.25) is 5.82 Å². The quantitative estimate of drug-likeness (QED) is 0.293. The van der Waals surface area contributed by atoms with Crippen molar-refractivity contribution in [2.45, 2.75) is 38.7 Å². The summed E-state index contributed by atoms with van der Waals surface area (Å²) in [7, 11) is 0.648. The highest BCUT2D eigenvalue weighted by Gasteiger charge is 2.25. The zero-order valence-electron chi connectivity index (χ0n) is 13.1. The molecule has 0 N–H and O–H groups in total. The maximum Gasteiger partial charge on any atom is 0.483 e. The van der Waals surface area contributed by atoms with Crippen LogP contribution in [0.15, 0.2) is 0 Å². The fourth-order valence-corrected chi connectivity index (χ4v) is 3.17. The summed E-state index contributed by atoms with van der Waals surface area (Å²) in [5.74, 6) is -9.55. The topological polar surface area (TPSA) is 27.7 Å². The van der Waals surface area contributed by atoms with Crippen LogP contribution in [0.2, 0.25) is 0 Å². The molecule has 0 fully saturated rings. The van der Waals surface area contributed by atoms with Crippen LogP contribution in [-0.2, 0) is 19.7 Å². The van der Waals surface area contributed by atoms with E-state index in [4.69, 9.17) is 13.3 Å². The van der Waals surface area contributed by atoms with E-state index in [0.717, 1.165) is 0 Å². The third kappa shape index (κ3) is 4.97. The summed E-state index contributed by atoms with van der Waals surface area (Å²) in [5.41, 5.74) is -0.802. The van der Waals surface area contributed by atoms with E-state index >= 15 is 0 Å². The third-order valence-corrected chi connectivity index (χ3v) is 4.77. The molecule has 0 radical (unpaired) electrons. The standard InChI is InChI=1S/C14H19F5O3Si/c1-4-8(22-23(20-2)21-3)6-5-7-9-10(15)12(17)14(19)13(18)11(9)16/h8,23H,4-7H2,1-3H3. The fraction of sp³-hybridized carbons (Fsp3) is 0.571. The minimum absolute atomic E-state index is 0.200. The Morgan fingerprint density at radius 2 is 1.35 bits per heavy atom. The lowest BCUT2D eigenvalue weighted by atomic mass is 10.0. The van der Waals surface area contributed by atoms with Crippen LogP contribution in [0.1, 0.15) is 31.7 Å². The molecule has 0 heterocycles. The second-order valence-electron chi connectivity index (χ2n) is 4.87. The first-order valence-corrected chi connectivity index (χ1v) is 8.50. The summed E-state index contributed by atoms with van der Waals surface area (Å²) < 4.78 is 81.8. The summed E-state index contributed by atoms with van der Waals surface area (Å²) in [6, 6.07) is 0. The molecule has 1 unspecified atom stereocenters. The van der Waals surface area contributed by atoms with Crippen LogP contribution in [0.3, 0.4) is 0 Å². The lowest BCUT2D eigenvalue weighted by molar-refractivity contribution is 0.0781. The molecule has 0 aliphatic heterocycles. The molecule has 0 bridgehead atoms. The van der Waals surface area contributed by atoms with Crippen LogP contribution in [0.25, 0.3) is 0 Å². The van der Waals surface area contributed by atoms with Gasteiger partial charge in [-0.05, 0) is 25.7 Å². The second-order valence-corrected chi connectivity index (χ2v) is 6.66. The van der Waals surface area contributed by atoms with Crippen LogP contribution < -0.4 is 0 Å². The zero-order chi connectivity index (χ0) is 17.6. The van der Waals surface area contributed by atoms with Crippen molar-refractivity contribution in [3.63, 3.8) is 0 Å². The maximum absolute atomic E-state index is 13.5. The van der Waals surface area contributed by atoms with Crippen LogP contribution in [0.4, 0.5) is 22.0 Å². The highest BCUT2D eigenvalue weighted by molar-refractivity contribution is 6.36. The first kappa shape index (κ1) is 20.0. The van der Waals surface area contributed by atoms with Crippen molar-refractivity contribution in [3.8, 4) is 0 Å². The molecule has 132 valence electrons. The number of halogens is 5. The predicted octanol–water partition coefficient (Wildman–Crippen LogP) is 3.51. The van der Waals surface area contributed by atoms with Gasteiger partial charge in [-0.3, -0.25) is 0 Å². The molecule has 0 aliphatic carbocycles. The summed E-state index contributed by atoms with van der Waals surface area (Å²) in [6.07, 6.45) is 0.635.